The number of carbonyl (C=O) groups excluding carboxylic acids is 1. The minimum Gasteiger partial charge on any atom is -0.315 e. The van der Waals surface area contributed by atoms with Crippen LogP contribution in [0.3, 0.4) is 0 Å². The third-order valence-electron chi connectivity index (χ3n) is 5.13. The van der Waals surface area contributed by atoms with Crippen molar-refractivity contribution in [1.29, 1.82) is 5.26 Å². The summed E-state index contributed by atoms with van der Waals surface area (Å²) in [6, 6.07) is 2.33. The first-order chi connectivity index (χ1) is 11.2. The van der Waals surface area contributed by atoms with Crippen LogP contribution in [0.1, 0.15) is 55.0 Å². The van der Waals surface area contributed by atoms with E-state index in [9.17, 15) is 10.1 Å². The number of nitrogens with one attached hydrogen (secondary N) is 1. The van der Waals surface area contributed by atoms with Gasteiger partial charge in [-0.25, -0.2) is 0 Å². The van der Waals surface area contributed by atoms with Crippen molar-refractivity contribution in [3.05, 3.63) is 16.0 Å². The van der Waals surface area contributed by atoms with Crippen molar-refractivity contribution in [1.82, 2.24) is 4.90 Å². The number of piperidine rings is 1. The van der Waals surface area contributed by atoms with Crippen LogP contribution in [0.15, 0.2) is 0 Å². The van der Waals surface area contributed by atoms with E-state index in [4.69, 9.17) is 0 Å². The molecule has 1 aromatic rings. The van der Waals surface area contributed by atoms with Gasteiger partial charge >= 0.3 is 0 Å². The zero-order valence-electron chi connectivity index (χ0n) is 13.9. The quantitative estimate of drug-likeness (QED) is 0.918. The molecule has 1 unspecified atom stereocenters. The zero-order chi connectivity index (χ0) is 16.2. The Morgan fingerprint density at radius 3 is 2.87 bits per heavy atom. The number of rotatable bonds is 4. The van der Waals surface area contributed by atoms with Gasteiger partial charge in [-0.1, -0.05) is 19.8 Å². The highest BCUT2D eigenvalue weighted by Gasteiger charge is 2.26. The van der Waals surface area contributed by atoms with Crippen LogP contribution >= 0.6 is 11.3 Å². The van der Waals surface area contributed by atoms with Crippen LogP contribution in [-0.4, -0.2) is 30.4 Å². The van der Waals surface area contributed by atoms with Crippen LogP contribution < -0.4 is 5.32 Å². The number of hydrogen-bond acceptors (Lipinski definition) is 4. The topological polar surface area (TPSA) is 56.1 Å². The number of thiophene rings is 1. The highest BCUT2D eigenvalue weighted by molar-refractivity contribution is 7.16. The van der Waals surface area contributed by atoms with Gasteiger partial charge in [-0.2, -0.15) is 5.26 Å². The molecule has 1 aliphatic carbocycles. The highest BCUT2D eigenvalue weighted by atomic mass is 32.1. The number of carbonyl (C=O) groups is 1. The van der Waals surface area contributed by atoms with Crippen molar-refractivity contribution in [2.75, 3.05) is 25.0 Å². The molecule has 2 heterocycles. The first-order valence-corrected chi connectivity index (χ1v) is 9.59. The van der Waals surface area contributed by atoms with E-state index in [2.05, 4.69) is 23.2 Å². The van der Waals surface area contributed by atoms with E-state index in [0.717, 1.165) is 43.3 Å². The predicted molar refractivity (Wildman–Crippen MR) is 93.8 cm³/mol. The lowest BCUT2D eigenvalue weighted by Gasteiger charge is -2.25. The molecule has 0 aromatic carbocycles. The fraction of sp³-hybridized carbons (Fsp3) is 0.667. The van der Waals surface area contributed by atoms with Crippen LogP contribution in [0.2, 0.25) is 0 Å². The smallest absolute Gasteiger partial charge is 0.239 e. The molecule has 1 saturated heterocycles. The largest absolute Gasteiger partial charge is 0.315 e. The maximum atomic E-state index is 12.3. The fourth-order valence-corrected chi connectivity index (χ4v) is 5.02. The SMILES string of the molecule is CCC1CCc2c(sc(NC(=O)CN3CCCCC3)c2C#N)C1. The summed E-state index contributed by atoms with van der Waals surface area (Å²) >= 11 is 1.62. The van der Waals surface area contributed by atoms with Crippen LogP contribution in [0.25, 0.3) is 0 Å². The molecule has 0 radical (unpaired) electrons. The van der Waals surface area contributed by atoms with Gasteiger partial charge in [0, 0.05) is 4.88 Å². The highest BCUT2D eigenvalue weighted by Crippen LogP contribution is 2.39. The standard InChI is InChI=1S/C18H25N3OS/c1-2-13-6-7-14-15(11-19)18(23-16(14)10-13)20-17(22)12-21-8-4-3-5-9-21/h13H,2-10,12H2,1H3,(H,20,22). The molecular formula is C18H25N3OS. The molecule has 4 nitrogen and oxygen atoms in total. The molecule has 23 heavy (non-hydrogen) atoms. The Bertz CT molecular complexity index is 611. The molecule has 0 saturated carbocycles. The zero-order valence-corrected chi connectivity index (χ0v) is 14.7. The summed E-state index contributed by atoms with van der Waals surface area (Å²) in [6.07, 6.45) is 8.03. The lowest BCUT2D eigenvalue weighted by Crippen LogP contribution is -2.36. The van der Waals surface area contributed by atoms with Gasteiger partial charge in [-0.05, 0) is 56.7 Å². The molecule has 1 aromatic heterocycles. The van der Waals surface area contributed by atoms with Crippen molar-refractivity contribution in [2.45, 2.75) is 51.9 Å². The molecule has 2 aliphatic rings. The number of amides is 1. The van der Waals surface area contributed by atoms with Crippen LogP contribution in [0.4, 0.5) is 5.00 Å². The minimum absolute atomic E-state index is 0.0223. The van der Waals surface area contributed by atoms with E-state index in [-0.39, 0.29) is 5.91 Å². The van der Waals surface area contributed by atoms with E-state index in [1.165, 1.54) is 36.1 Å². The first kappa shape index (κ1) is 16.5. The third-order valence-corrected chi connectivity index (χ3v) is 6.30. The summed E-state index contributed by atoms with van der Waals surface area (Å²) in [5, 5.41) is 13.3. The van der Waals surface area contributed by atoms with Crippen LogP contribution in [0.5, 0.6) is 0 Å². The Balaban J connectivity index is 1.69. The van der Waals surface area contributed by atoms with Gasteiger partial charge in [-0.3, -0.25) is 9.69 Å². The second kappa shape index (κ2) is 7.46. The maximum Gasteiger partial charge on any atom is 0.239 e. The number of nitrogens with zero attached hydrogens (tertiary/aromatic N) is 2. The summed E-state index contributed by atoms with van der Waals surface area (Å²) in [7, 11) is 0. The Hall–Kier alpha value is -1.38. The van der Waals surface area contributed by atoms with Gasteiger partial charge in [0.05, 0.1) is 12.1 Å². The summed E-state index contributed by atoms with van der Waals surface area (Å²) in [5.74, 6) is 0.749. The van der Waals surface area contributed by atoms with E-state index >= 15 is 0 Å². The van der Waals surface area contributed by atoms with E-state index in [1.54, 1.807) is 11.3 Å². The summed E-state index contributed by atoms with van der Waals surface area (Å²) in [5.41, 5.74) is 1.90. The van der Waals surface area contributed by atoms with E-state index in [1.807, 2.05) is 0 Å². The second-order valence-electron chi connectivity index (χ2n) is 6.72. The molecule has 3 rings (SSSR count). The molecule has 1 atom stereocenters. The van der Waals surface area contributed by atoms with Crippen molar-refractivity contribution in [3.63, 3.8) is 0 Å². The minimum atomic E-state index is 0.0223. The van der Waals surface area contributed by atoms with Crippen molar-refractivity contribution in [3.8, 4) is 6.07 Å². The third kappa shape index (κ3) is 3.76. The maximum absolute atomic E-state index is 12.3. The van der Waals surface area contributed by atoms with Crippen molar-refractivity contribution in [2.24, 2.45) is 5.92 Å². The first-order valence-electron chi connectivity index (χ1n) is 8.78. The monoisotopic (exact) mass is 331 g/mol. The molecule has 1 fully saturated rings. The number of likely N-dealkylation sites (tertiary alicyclic amines) is 1. The number of fused-ring (bicyclic) bond motifs is 1. The van der Waals surface area contributed by atoms with Crippen molar-refractivity contribution >= 4 is 22.2 Å². The molecule has 124 valence electrons. The van der Waals surface area contributed by atoms with Gasteiger partial charge in [0.15, 0.2) is 0 Å². The summed E-state index contributed by atoms with van der Waals surface area (Å²) < 4.78 is 0. The lowest BCUT2D eigenvalue weighted by atomic mass is 9.86. The van der Waals surface area contributed by atoms with E-state index < -0.39 is 0 Å². The molecule has 1 N–H and O–H groups in total. The molecule has 1 aliphatic heterocycles. The summed E-state index contributed by atoms with van der Waals surface area (Å²) in [6.45, 7) is 4.70. The van der Waals surface area contributed by atoms with Crippen LogP contribution in [0, 0.1) is 17.2 Å². The number of hydrogen-bond donors (Lipinski definition) is 1. The van der Waals surface area contributed by atoms with Gasteiger partial charge in [0.2, 0.25) is 5.91 Å². The normalized spacial score (nSPS) is 21.5. The predicted octanol–water partition coefficient (Wildman–Crippen LogP) is 3.56. The Labute approximate surface area is 142 Å². The Kier molecular flexibility index (Phi) is 5.34. The molecule has 1 amide bonds. The fourth-order valence-electron chi connectivity index (χ4n) is 3.70. The molecule has 5 heteroatoms. The van der Waals surface area contributed by atoms with Crippen molar-refractivity contribution < 1.29 is 4.79 Å². The summed E-state index contributed by atoms with van der Waals surface area (Å²) in [4.78, 5) is 15.9. The van der Waals surface area contributed by atoms with Gasteiger partial charge in [0.25, 0.3) is 0 Å². The average molecular weight is 331 g/mol. The van der Waals surface area contributed by atoms with Gasteiger partial charge < -0.3 is 5.32 Å². The number of nitriles is 1. The molecular weight excluding hydrogens is 306 g/mol. The van der Waals surface area contributed by atoms with Gasteiger partial charge in [-0.15, -0.1) is 11.3 Å². The Morgan fingerprint density at radius 1 is 1.39 bits per heavy atom. The van der Waals surface area contributed by atoms with Crippen LogP contribution in [-0.2, 0) is 17.6 Å². The van der Waals surface area contributed by atoms with Gasteiger partial charge in [0.1, 0.15) is 11.1 Å². The molecule has 0 spiro atoms. The number of anilines is 1. The average Bonchev–Trinajstić information content (AvgIpc) is 2.91. The van der Waals surface area contributed by atoms with E-state index in [0.29, 0.717) is 12.1 Å². The second-order valence-corrected chi connectivity index (χ2v) is 7.83. The molecule has 0 bridgehead atoms. The lowest BCUT2D eigenvalue weighted by molar-refractivity contribution is -0.117. The Morgan fingerprint density at radius 2 is 2.17 bits per heavy atom.